The Kier molecular flexibility index (Phi) is 4.55. The van der Waals surface area contributed by atoms with Crippen LogP contribution in [0.4, 0.5) is 5.69 Å². The van der Waals surface area contributed by atoms with Crippen molar-refractivity contribution < 1.29 is 13.2 Å². The predicted octanol–water partition coefficient (Wildman–Crippen LogP) is 2.09. The second kappa shape index (κ2) is 6.01. The van der Waals surface area contributed by atoms with Crippen molar-refractivity contribution in [1.29, 1.82) is 0 Å². The number of benzene rings is 1. The molecule has 0 radical (unpaired) electrons. The fourth-order valence-electron chi connectivity index (χ4n) is 2.50. The third-order valence-corrected chi connectivity index (χ3v) is 5.71. The number of anilines is 1. The minimum absolute atomic E-state index is 0.241. The SMILES string of the molecule is COc1ccc(S(=O)(=O)N2CCCC(C)CC2)cc1N. The maximum Gasteiger partial charge on any atom is 0.243 e. The molecule has 1 aliphatic heterocycles. The smallest absolute Gasteiger partial charge is 0.243 e. The van der Waals surface area contributed by atoms with Crippen LogP contribution in [0.3, 0.4) is 0 Å². The lowest BCUT2D eigenvalue weighted by Crippen LogP contribution is -2.32. The summed E-state index contributed by atoms with van der Waals surface area (Å²) < 4.78 is 31.9. The highest BCUT2D eigenvalue weighted by Gasteiger charge is 2.27. The van der Waals surface area contributed by atoms with Gasteiger partial charge >= 0.3 is 0 Å². The topological polar surface area (TPSA) is 72.6 Å². The highest BCUT2D eigenvalue weighted by atomic mass is 32.2. The molecule has 0 amide bonds. The van der Waals surface area contributed by atoms with E-state index in [1.807, 2.05) is 0 Å². The van der Waals surface area contributed by atoms with Gasteiger partial charge in [-0.15, -0.1) is 0 Å². The quantitative estimate of drug-likeness (QED) is 0.867. The van der Waals surface area contributed by atoms with E-state index in [1.165, 1.54) is 13.2 Å². The van der Waals surface area contributed by atoms with Crippen molar-refractivity contribution in [2.75, 3.05) is 25.9 Å². The lowest BCUT2D eigenvalue weighted by Gasteiger charge is -2.20. The van der Waals surface area contributed by atoms with Gasteiger partial charge in [0.05, 0.1) is 17.7 Å². The van der Waals surface area contributed by atoms with Crippen LogP contribution in [0, 0.1) is 5.92 Å². The van der Waals surface area contributed by atoms with Crippen LogP contribution in [0.1, 0.15) is 26.2 Å². The van der Waals surface area contributed by atoms with Crippen LogP contribution in [0.15, 0.2) is 23.1 Å². The first-order valence-electron chi connectivity index (χ1n) is 6.89. The summed E-state index contributed by atoms with van der Waals surface area (Å²) in [7, 11) is -1.95. The highest BCUT2D eigenvalue weighted by Crippen LogP contribution is 2.28. The number of nitrogens with two attached hydrogens (primary N) is 1. The van der Waals surface area contributed by atoms with Gasteiger partial charge in [0.15, 0.2) is 0 Å². The van der Waals surface area contributed by atoms with Crippen molar-refractivity contribution in [2.45, 2.75) is 31.1 Å². The Labute approximate surface area is 120 Å². The Hall–Kier alpha value is -1.27. The second-order valence-corrected chi connectivity index (χ2v) is 7.28. The summed E-state index contributed by atoms with van der Waals surface area (Å²) >= 11 is 0. The van der Waals surface area contributed by atoms with Crippen LogP contribution in [0.2, 0.25) is 0 Å². The molecular weight excluding hydrogens is 276 g/mol. The predicted molar refractivity (Wildman–Crippen MR) is 79.2 cm³/mol. The summed E-state index contributed by atoms with van der Waals surface area (Å²) in [6.45, 7) is 3.33. The Morgan fingerprint density at radius 2 is 2.05 bits per heavy atom. The first kappa shape index (κ1) is 15.1. The number of methoxy groups -OCH3 is 1. The van der Waals surface area contributed by atoms with Crippen molar-refractivity contribution in [3.8, 4) is 5.75 Å². The molecule has 1 saturated heterocycles. The number of nitrogens with zero attached hydrogens (tertiary/aromatic N) is 1. The number of nitrogen functional groups attached to an aromatic ring is 1. The molecule has 1 aliphatic rings. The lowest BCUT2D eigenvalue weighted by atomic mass is 10.0. The van der Waals surface area contributed by atoms with E-state index in [1.54, 1.807) is 16.4 Å². The molecule has 2 N–H and O–H groups in total. The molecule has 6 heteroatoms. The summed E-state index contributed by atoms with van der Waals surface area (Å²) in [6, 6.07) is 4.63. The molecule has 0 saturated carbocycles. The summed E-state index contributed by atoms with van der Waals surface area (Å²) in [4.78, 5) is 0.241. The lowest BCUT2D eigenvalue weighted by molar-refractivity contribution is 0.413. The van der Waals surface area contributed by atoms with E-state index >= 15 is 0 Å². The highest BCUT2D eigenvalue weighted by molar-refractivity contribution is 7.89. The van der Waals surface area contributed by atoms with Gasteiger partial charge in [-0.2, -0.15) is 4.31 Å². The Balaban J connectivity index is 2.27. The zero-order chi connectivity index (χ0) is 14.8. The van der Waals surface area contributed by atoms with Gasteiger partial charge in [0.25, 0.3) is 0 Å². The van der Waals surface area contributed by atoms with Crippen LogP contribution < -0.4 is 10.5 Å². The van der Waals surface area contributed by atoms with Gasteiger partial charge in [-0.25, -0.2) is 8.42 Å². The molecule has 0 bridgehead atoms. The number of ether oxygens (including phenoxy) is 1. The van der Waals surface area contributed by atoms with Crippen LogP contribution in [0.5, 0.6) is 5.75 Å². The third kappa shape index (κ3) is 3.07. The molecule has 0 aromatic heterocycles. The Morgan fingerprint density at radius 1 is 1.30 bits per heavy atom. The fourth-order valence-corrected chi connectivity index (χ4v) is 4.03. The number of hydrogen-bond donors (Lipinski definition) is 1. The molecule has 2 rings (SSSR count). The van der Waals surface area contributed by atoms with Gasteiger partial charge in [-0.05, 0) is 43.4 Å². The molecule has 1 heterocycles. The fraction of sp³-hybridized carbons (Fsp3) is 0.571. The molecule has 20 heavy (non-hydrogen) atoms. The molecule has 1 aromatic carbocycles. The average Bonchev–Trinajstić information content (AvgIpc) is 2.63. The monoisotopic (exact) mass is 298 g/mol. The summed E-state index contributed by atoms with van der Waals surface area (Å²) in [6.07, 6.45) is 2.90. The molecule has 1 atom stereocenters. The van der Waals surface area contributed by atoms with E-state index in [4.69, 9.17) is 10.5 Å². The van der Waals surface area contributed by atoms with Crippen molar-refractivity contribution in [3.05, 3.63) is 18.2 Å². The molecule has 1 aromatic rings. The third-order valence-electron chi connectivity index (χ3n) is 3.81. The van der Waals surface area contributed by atoms with Gasteiger partial charge in [-0.1, -0.05) is 6.92 Å². The van der Waals surface area contributed by atoms with Crippen LogP contribution in [0.25, 0.3) is 0 Å². The van der Waals surface area contributed by atoms with Crippen LogP contribution in [-0.2, 0) is 10.0 Å². The van der Waals surface area contributed by atoms with E-state index in [2.05, 4.69) is 6.92 Å². The van der Waals surface area contributed by atoms with Crippen molar-refractivity contribution in [2.24, 2.45) is 5.92 Å². The number of rotatable bonds is 3. The minimum Gasteiger partial charge on any atom is -0.495 e. The molecule has 0 aliphatic carbocycles. The maximum atomic E-state index is 12.6. The summed E-state index contributed by atoms with van der Waals surface area (Å²) in [5.41, 5.74) is 6.15. The molecule has 0 spiro atoms. The number of hydrogen-bond acceptors (Lipinski definition) is 4. The van der Waals surface area contributed by atoms with Crippen LogP contribution in [-0.4, -0.2) is 32.9 Å². The number of sulfonamides is 1. The van der Waals surface area contributed by atoms with E-state index in [9.17, 15) is 8.42 Å². The van der Waals surface area contributed by atoms with E-state index < -0.39 is 10.0 Å². The Bertz CT molecular complexity index is 572. The first-order chi connectivity index (χ1) is 9.45. The molecule has 5 nitrogen and oxygen atoms in total. The van der Waals surface area contributed by atoms with Crippen molar-refractivity contribution in [3.63, 3.8) is 0 Å². The maximum absolute atomic E-state index is 12.6. The van der Waals surface area contributed by atoms with Gasteiger partial charge < -0.3 is 10.5 Å². The Morgan fingerprint density at radius 3 is 2.70 bits per heavy atom. The molecule has 1 fully saturated rings. The van der Waals surface area contributed by atoms with E-state index in [0.29, 0.717) is 30.4 Å². The molecule has 112 valence electrons. The zero-order valence-electron chi connectivity index (χ0n) is 12.0. The van der Waals surface area contributed by atoms with Gasteiger partial charge in [0.2, 0.25) is 10.0 Å². The summed E-state index contributed by atoms with van der Waals surface area (Å²) in [5, 5.41) is 0. The normalized spacial score (nSPS) is 21.4. The van der Waals surface area contributed by atoms with Gasteiger partial charge in [0.1, 0.15) is 5.75 Å². The second-order valence-electron chi connectivity index (χ2n) is 5.34. The van der Waals surface area contributed by atoms with Crippen LogP contribution >= 0.6 is 0 Å². The standard InChI is InChI=1S/C14H22N2O3S/c1-11-4-3-8-16(9-7-11)20(17,18)12-5-6-14(19-2)13(15)10-12/h5-6,10-11H,3-4,7-9,15H2,1-2H3. The van der Waals surface area contributed by atoms with E-state index in [-0.39, 0.29) is 4.90 Å². The minimum atomic E-state index is -3.46. The van der Waals surface area contributed by atoms with E-state index in [0.717, 1.165) is 19.3 Å². The summed E-state index contributed by atoms with van der Waals surface area (Å²) in [5.74, 6) is 1.07. The average molecular weight is 298 g/mol. The van der Waals surface area contributed by atoms with Crippen molar-refractivity contribution >= 4 is 15.7 Å². The largest absolute Gasteiger partial charge is 0.495 e. The zero-order valence-corrected chi connectivity index (χ0v) is 12.8. The van der Waals surface area contributed by atoms with Gasteiger partial charge in [-0.3, -0.25) is 0 Å². The molecule has 1 unspecified atom stereocenters. The molecular formula is C14H22N2O3S. The van der Waals surface area contributed by atoms with Crippen molar-refractivity contribution in [1.82, 2.24) is 4.31 Å². The van der Waals surface area contributed by atoms with Gasteiger partial charge in [0, 0.05) is 13.1 Å². The first-order valence-corrected chi connectivity index (χ1v) is 8.33.